The molecule has 0 amide bonds. The molecule has 6 heteroatoms. The smallest absolute Gasteiger partial charge is 0.273 e. The molecule has 1 aromatic carbocycles. The predicted molar refractivity (Wildman–Crippen MR) is 88.0 cm³/mol. The van der Waals surface area contributed by atoms with Crippen LogP contribution >= 0.6 is 11.8 Å². The summed E-state index contributed by atoms with van der Waals surface area (Å²) >= 11 is 1.80. The minimum Gasteiger partial charge on any atom is -0.385 e. The first-order chi connectivity index (χ1) is 9.56. The van der Waals surface area contributed by atoms with Crippen molar-refractivity contribution < 1.29 is 4.92 Å². The molecule has 1 atom stereocenters. The van der Waals surface area contributed by atoms with E-state index in [2.05, 4.69) is 30.7 Å². The Hall–Kier alpha value is -1.43. The third-order valence-corrected chi connectivity index (χ3v) is 3.52. The second-order valence-corrected chi connectivity index (χ2v) is 5.76. The molecule has 0 saturated carbocycles. The van der Waals surface area contributed by atoms with Crippen molar-refractivity contribution in [2.24, 2.45) is 0 Å². The Bertz CT molecular complexity index is 440. The molecule has 20 heavy (non-hydrogen) atoms. The average molecular weight is 297 g/mol. The second kappa shape index (κ2) is 8.68. The van der Waals surface area contributed by atoms with Crippen LogP contribution in [0.5, 0.6) is 0 Å². The first-order valence-corrected chi connectivity index (χ1v) is 8.25. The molecular weight excluding hydrogens is 274 g/mol. The molecule has 0 aromatic heterocycles. The summed E-state index contributed by atoms with van der Waals surface area (Å²) in [5.41, 5.74) is 1.71. The quantitative estimate of drug-likeness (QED) is 0.533. The maximum Gasteiger partial charge on any atom is 0.273 e. The summed E-state index contributed by atoms with van der Waals surface area (Å²) < 4.78 is 0. The number of benzene rings is 1. The number of hydrogen-bond acceptors (Lipinski definition) is 5. The fourth-order valence-corrected chi connectivity index (χ4v) is 2.41. The van der Waals surface area contributed by atoms with Crippen LogP contribution in [0.1, 0.15) is 26.7 Å². The highest BCUT2D eigenvalue weighted by Crippen LogP contribution is 2.25. The van der Waals surface area contributed by atoms with Crippen LogP contribution in [0.2, 0.25) is 0 Å². The Labute approximate surface area is 124 Å². The lowest BCUT2D eigenvalue weighted by Gasteiger charge is -2.16. The van der Waals surface area contributed by atoms with Crippen LogP contribution in [-0.2, 0) is 0 Å². The molecule has 0 heterocycles. The number of nitrogens with zero attached hydrogens (tertiary/aromatic N) is 1. The van der Waals surface area contributed by atoms with Gasteiger partial charge in [-0.25, -0.2) is 0 Å². The zero-order valence-electron chi connectivity index (χ0n) is 12.3. The van der Waals surface area contributed by atoms with Crippen LogP contribution in [-0.4, -0.2) is 29.5 Å². The van der Waals surface area contributed by atoms with E-state index in [4.69, 9.17) is 0 Å². The standard InChI is InChI=1S/C14H23N3O2S/c1-4-6-15-12-8-13(10-14(9-12)17(18)19)16-11(2)5-7-20-3/h8-11,15-16H,4-7H2,1-3H3. The van der Waals surface area contributed by atoms with Gasteiger partial charge < -0.3 is 10.6 Å². The van der Waals surface area contributed by atoms with Crippen molar-refractivity contribution in [3.05, 3.63) is 28.3 Å². The van der Waals surface area contributed by atoms with Crippen LogP contribution in [0.4, 0.5) is 17.1 Å². The molecular formula is C14H23N3O2S. The summed E-state index contributed by atoms with van der Waals surface area (Å²) in [5.74, 6) is 1.07. The zero-order valence-corrected chi connectivity index (χ0v) is 13.1. The van der Waals surface area contributed by atoms with Gasteiger partial charge in [0.2, 0.25) is 0 Å². The lowest BCUT2D eigenvalue weighted by atomic mass is 10.2. The molecule has 0 spiro atoms. The fraction of sp³-hybridized carbons (Fsp3) is 0.571. The van der Waals surface area contributed by atoms with Gasteiger partial charge in [-0.1, -0.05) is 6.92 Å². The Morgan fingerprint density at radius 3 is 2.65 bits per heavy atom. The highest BCUT2D eigenvalue weighted by molar-refractivity contribution is 7.98. The molecule has 2 N–H and O–H groups in total. The first kappa shape index (κ1) is 16.6. The maximum absolute atomic E-state index is 11.0. The summed E-state index contributed by atoms with van der Waals surface area (Å²) in [5, 5.41) is 17.5. The van der Waals surface area contributed by atoms with Gasteiger partial charge in [0.05, 0.1) is 4.92 Å². The first-order valence-electron chi connectivity index (χ1n) is 6.85. The second-order valence-electron chi connectivity index (χ2n) is 4.78. The SMILES string of the molecule is CCCNc1cc(NC(C)CCSC)cc([N+](=O)[O-])c1. The average Bonchev–Trinajstić information content (AvgIpc) is 2.42. The molecule has 1 unspecified atom stereocenters. The van der Waals surface area contributed by atoms with Crippen molar-refractivity contribution in [2.45, 2.75) is 32.7 Å². The van der Waals surface area contributed by atoms with Crippen molar-refractivity contribution in [3.8, 4) is 0 Å². The summed E-state index contributed by atoms with van der Waals surface area (Å²) in [7, 11) is 0. The lowest BCUT2D eigenvalue weighted by Crippen LogP contribution is -2.16. The minimum atomic E-state index is -0.352. The number of anilines is 2. The number of nitro groups is 1. The maximum atomic E-state index is 11.0. The molecule has 0 bridgehead atoms. The van der Waals surface area contributed by atoms with E-state index in [0.29, 0.717) is 6.04 Å². The number of non-ortho nitro benzene ring substituents is 1. The molecule has 0 radical (unpaired) electrons. The summed E-state index contributed by atoms with van der Waals surface area (Å²) in [4.78, 5) is 10.6. The van der Waals surface area contributed by atoms with E-state index in [0.717, 1.165) is 36.5 Å². The summed E-state index contributed by atoms with van der Waals surface area (Å²) in [6.07, 6.45) is 4.09. The van der Waals surface area contributed by atoms with Crippen LogP contribution in [0.25, 0.3) is 0 Å². The highest BCUT2D eigenvalue weighted by Gasteiger charge is 2.11. The van der Waals surface area contributed by atoms with Crippen LogP contribution in [0, 0.1) is 10.1 Å². The zero-order chi connectivity index (χ0) is 15.0. The van der Waals surface area contributed by atoms with Gasteiger partial charge in [0.15, 0.2) is 0 Å². The Kier molecular flexibility index (Phi) is 7.22. The molecule has 1 aromatic rings. The van der Waals surface area contributed by atoms with E-state index in [-0.39, 0.29) is 10.6 Å². The van der Waals surface area contributed by atoms with Crippen molar-refractivity contribution >= 4 is 28.8 Å². The van der Waals surface area contributed by atoms with Crippen LogP contribution in [0.15, 0.2) is 18.2 Å². The number of rotatable bonds is 9. The molecule has 1 rings (SSSR count). The molecule has 0 saturated heterocycles. The predicted octanol–water partition coefficient (Wildman–Crippen LogP) is 3.97. The van der Waals surface area contributed by atoms with E-state index < -0.39 is 0 Å². The fourth-order valence-electron chi connectivity index (χ4n) is 1.82. The molecule has 112 valence electrons. The third kappa shape index (κ3) is 5.69. The molecule has 0 aliphatic carbocycles. The van der Waals surface area contributed by atoms with E-state index in [9.17, 15) is 10.1 Å². The molecule has 5 nitrogen and oxygen atoms in total. The highest BCUT2D eigenvalue weighted by atomic mass is 32.2. The number of thioether (sulfide) groups is 1. The van der Waals surface area contributed by atoms with Gasteiger partial charge in [0, 0.05) is 36.1 Å². The monoisotopic (exact) mass is 297 g/mol. The molecule has 0 fully saturated rings. The van der Waals surface area contributed by atoms with Gasteiger partial charge in [-0.05, 0) is 37.8 Å². The Balaban J connectivity index is 2.82. The Morgan fingerprint density at radius 2 is 2.05 bits per heavy atom. The van der Waals surface area contributed by atoms with Gasteiger partial charge in [0.25, 0.3) is 5.69 Å². The van der Waals surface area contributed by atoms with Crippen LogP contribution < -0.4 is 10.6 Å². The summed E-state index contributed by atoms with van der Waals surface area (Å²) in [6, 6.07) is 5.39. The van der Waals surface area contributed by atoms with E-state index in [1.165, 1.54) is 0 Å². The van der Waals surface area contributed by atoms with Crippen molar-refractivity contribution in [3.63, 3.8) is 0 Å². The third-order valence-electron chi connectivity index (χ3n) is 2.88. The van der Waals surface area contributed by atoms with Crippen LogP contribution in [0.3, 0.4) is 0 Å². The lowest BCUT2D eigenvalue weighted by molar-refractivity contribution is -0.384. The van der Waals surface area contributed by atoms with Gasteiger partial charge in [-0.3, -0.25) is 10.1 Å². The van der Waals surface area contributed by atoms with Crippen molar-refractivity contribution in [1.29, 1.82) is 0 Å². The van der Waals surface area contributed by atoms with E-state index in [1.54, 1.807) is 23.9 Å². The molecule has 0 aliphatic heterocycles. The van der Waals surface area contributed by atoms with Gasteiger partial charge >= 0.3 is 0 Å². The molecule has 0 aliphatic rings. The topological polar surface area (TPSA) is 67.2 Å². The van der Waals surface area contributed by atoms with E-state index >= 15 is 0 Å². The minimum absolute atomic E-state index is 0.116. The summed E-state index contributed by atoms with van der Waals surface area (Å²) in [6.45, 7) is 4.96. The van der Waals surface area contributed by atoms with E-state index in [1.807, 2.05) is 6.07 Å². The van der Waals surface area contributed by atoms with Gasteiger partial charge in [-0.15, -0.1) is 0 Å². The normalized spacial score (nSPS) is 11.9. The van der Waals surface area contributed by atoms with Crippen molar-refractivity contribution in [2.75, 3.05) is 29.2 Å². The number of nitrogens with one attached hydrogen (secondary N) is 2. The number of nitro benzene ring substituents is 1. The van der Waals surface area contributed by atoms with Crippen molar-refractivity contribution in [1.82, 2.24) is 0 Å². The Morgan fingerprint density at radius 1 is 1.35 bits per heavy atom. The number of hydrogen-bond donors (Lipinski definition) is 2. The van der Waals surface area contributed by atoms with Gasteiger partial charge in [-0.2, -0.15) is 11.8 Å². The largest absolute Gasteiger partial charge is 0.385 e. The van der Waals surface area contributed by atoms with Gasteiger partial charge in [0.1, 0.15) is 0 Å².